The minimum atomic E-state index is -0.0706. The number of amidine groups is 1. The van der Waals surface area contributed by atoms with Crippen molar-refractivity contribution >= 4 is 11.9 Å². The summed E-state index contributed by atoms with van der Waals surface area (Å²) in [4.78, 5) is 13.5. The molecular formula is C11H19N3O. The van der Waals surface area contributed by atoms with Crippen molar-refractivity contribution in [2.45, 2.75) is 45.1 Å². The van der Waals surface area contributed by atoms with Crippen molar-refractivity contribution in [2.75, 3.05) is 6.54 Å². The molecule has 4 heteroatoms. The fourth-order valence-electron chi connectivity index (χ4n) is 2.79. The summed E-state index contributed by atoms with van der Waals surface area (Å²) in [6.45, 7) is 2.84. The van der Waals surface area contributed by atoms with Crippen molar-refractivity contribution in [1.29, 1.82) is 5.41 Å². The number of amides is 2. The van der Waals surface area contributed by atoms with Crippen LogP contribution in [-0.4, -0.2) is 29.4 Å². The predicted molar refractivity (Wildman–Crippen MR) is 59.0 cm³/mol. The third-order valence-corrected chi connectivity index (χ3v) is 3.44. The number of carbonyl (C=O) groups excluding carboxylic acids is 1. The highest BCUT2D eigenvalue weighted by molar-refractivity contribution is 6.05. The maximum atomic E-state index is 11.6. The lowest BCUT2D eigenvalue weighted by atomic mass is 9.97. The maximum Gasteiger partial charge on any atom is 0.323 e. The summed E-state index contributed by atoms with van der Waals surface area (Å²) < 4.78 is 0. The van der Waals surface area contributed by atoms with Crippen molar-refractivity contribution in [3.05, 3.63) is 0 Å². The van der Waals surface area contributed by atoms with Crippen LogP contribution in [-0.2, 0) is 0 Å². The topological polar surface area (TPSA) is 56.2 Å². The molecular weight excluding hydrogens is 190 g/mol. The molecule has 84 valence electrons. The standard InChI is InChI=1S/C11H19N3O/c1-2-7-14-9(8-5-3-4-6-8)10(12)13-11(14)15/h8-9H,2-7H2,1H3,(H2,12,13,15). The van der Waals surface area contributed by atoms with Crippen LogP contribution in [0.3, 0.4) is 0 Å². The molecule has 2 N–H and O–H groups in total. The molecule has 2 rings (SSSR count). The van der Waals surface area contributed by atoms with Crippen molar-refractivity contribution in [3.8, 4) is 0 Å². The summed E-state index contributed by atoms with van der Waals surface area (Å²) >= 11 is 0. The first-order chi connectivity index (χ1) is 7.24. The number of hydrogen-bond donors (Lipinski definition) is 2. The minimum absolute atomic E-state index is 0.0416. The molecule has 1 atom stereocenters. The van der Waals surface area contributed by atoms with Gasteiger partial charge in [-0.15, -0.1) is 0 Å². The van der Waals surface area contributed by atoms with Crippen LogP contribution < -0.4 is 5.32 Å². The molecule has 1 heterocycles. The Balaban J connectivity index is 2.11. The molecule has 0 spiro atoms. The van der Waals surface area contributed by atoms with Crippen LogP contribution in [0.15, 0.2) is 0 Å². The second-order valence-corrected chi connectivity index (χ2v) is 4.53. The van der Waals surface area contributed by atoms with Gasteiger partial charge in [-0.3, -0.25) is 10.7 Å². The van der Waals surface area contributed by atoms with Crippen molar-refractivity contribution in [1.82, 2.24) is 10.2 Å². The van der Waals surface area contributed by atoms with Crippen LogP contribution in [0, 0.1) is 11.3 Å². The summed E-state index contributed by atoms with van der Waals surface area (Å²) in [7, 11) is 0. The highest BCUT2D eigenvalue weighted by Crippen LogP contribution is 2.32. The first-order valence-corrected chi connectivity index (χ1v) is 5.90. The second kappa shape index (κ2) is 4.21. The van der Waals surface area contributed by atoms with E-state index in [1.807, 2.05) is 4.90 Å². The van der Waals surface area contributed by atoms with Crippen molar-refractivity contribution < 1.29 is 4.79 Å². The van der Waals surface area contributed by atoms with E-state index in [1.165, 1.54) is 25.7 Å². The molecule has 2 amide bonds. The van der Waals surface area contributed by atoms with Crippen LogP contribution >= 0.6 is 0 Å². The Kier molecular flexibility index (Phi) is 2.93. The minimum Gasteiger partial charge on any atom is -0.314 e. The van der Waals surface area contributed by atoms with E-state index in [-0.39, 0.29) is 12.1 Å². The molecule has 0 radical (unpaired) electrons. The number of nitrogens with zero attached hydrogens (tertiary/aromatic N) is 1. The van der Waals surface area contributed by atoms with E-state index in [0.29, 0.717) is 11.8 Å². The molecule has 1 saturated heterocycles. The highest BCUT2D eigenvalue weighted by atomic mass is 16.2. The molecule has 1 aliphatic heterocycles. The molecule has 15 heavy (non-hydrogen) atoms. The van der Waals surface area contributed by atoms with E-state index in [4.69, 9.17) is 5.41 Å². The molecule has 0 bridgehead atoms. The Bertz CT molecular complexity index is 271. The highest BCUT2D eigenvalue weighted by Gasteiger charge is 2.40. The quantitative estimate of drug-likeness (QED) is 0.733. The Morgan fingerprint density at radius 1 is 1.47 bits per heavy atom. The van der Waals surface area contributed by atoms with E-state index in [9.17, 15) is 4.79 Å². The lowest BCUT2D eigenvalue weighted by Crippen LogP contribution is -2.40. The van der Waals surface area contributed by atoms with E-state index in [1.54, 1.807) is 0 Å². The number of carbonyl (C=O) groups is 1. The normalized spacial score (nSPS) is 27.5. The van der Waals surface area contributed by atoms with Crippen LogP contribution in [0.4, 0.5) is 4.79 Å². The largest absolute Gasteiger partial charge is 0.323 e. The molecule has 0 aromatic heterocycles. The maximum absolute atomic E-state index is 11.6. The average molecular weight is 209 g/mol. The van der Waals surface area contributed by atoms with Gasteiger partial charge in [0.2, 0.25) is 0 Å². The van der Waals surface area contributed by atoms with Gasteiger partial charge in [-0.2, -0.15) is 0 Å². The van der Waals surface area contributed by atoms with Gasteiger partial charge in [0.05, 0.1) is 6.04 Å². The van der Waals surface area contributed by atoms with Gasteiger partial charge in [-0.05, 0) is 25.2 Å². The summed E-state index contributed by atoms with van der Waals surface area (Å²) in [5.74, 6) is 0.934. The second-order valence-electron chi connectivity index (χ2n) is 4.53. The third-order valence-electron chi connectivity index (χ3n) is 3.44. The van der Waals surface area contributed by atoms with Gasteiger partial charge in [0.25, 0.3) is 0 Å². The number of nitrogens with one attached hydrogen (secondary N) is 2. The molecule has 0 aromatic carbocycles. The van der Waals surface area contributed by atoms with Gasteiger partial charge >= 0.3 is 6.03 Å². The van der Waals surface area contributed by atoms with Gasteiger partial charge in [-0.1, -0.05) is 19.8 Å². The number of hydrogen-bond acceptors (Lipinski definition) is 2. The zero-order valence-corrected chi connectivity index (χ0v) is 9.25. The first kappa shape index (κ1) is 10.5. The van der Waals surface area contributed by atoms with Crippen LogP contribution in [0.1, 0.15) is 39.0 Å². The van der Waals surface area contributed by atoms with Gasteiger partial charge < -0.3 is 4.90 Å². The zero-order chi connectivity index (χ0) is 10.8. The predicted octanol–water partition coefficient (Wildman–Crippen LogP) is 1.96. The summed E-state index contributed by atoms with van der Waals surface area (Å²) in [5, 5.41) is 10.5. The van der Waals surface area contributed by atoms with Gasteiger partial charge in [0.15, 0.2) is 0 Å². The molecule has 1 aliphatic carbocycles. The third kappa shape index (κ3) is 1.85. The Hall–Kier alpha value is -1.06. The molecule has 1 saturated carbocycles. The SMILES string of the molecule is CCCN1C(=O)NC(=N)C1C1CCCC1. The van der Waals surface area contributed by atoms with Gasteiger partial charge in [-0.25, -0.2) is 4.79 Å². The summed E-state index contributed by atoms with van der Waals surface area (Å²) in [5.41, 5.74) is 0. The monoisotopic (exact) mass is 209 g/mol. The van der Waals surface area contributed by atoms with Crippen LogP contribution in [0.2, 0.25) is 0 Å². The molecule has 4 nitrogen and oxygen atoms in total. The van der Waals surface area contributed by atoms with Crippen molar-refractivity contribution in [3.63, 3.8) is 0 Å². The Morgan fingerprint density at radius 3 is 2.73 bits per heavy atom. The molecule has 0 aromatic rings. The molecule has 1 unspecified atom stereocenters. The van der Waals surface area contributed by atoms with E-state index in [0.717, 1.165) is 13.0 Å². The Labute approximate surface area is 90.5 Å². The Morgan fingerprint density at radius 2 is 2.13 bits per heavy atom. The number of rotatable bonds is 3. The zero-order valence-electron chi connectivity index (χ0n) is 9.25. The smallest absolute Gasteiger partial charge is 0.314 e. The molecule has 2 fully saturated rings. The van der Waals surface area contributed by atoms with E-state index >= 15 is 0 Å². The average Bonchev–Trinajstić information content (AvgIpc) is 2.77. The lowest BCUT2D eigenvalue weighted by molar-refractivity contribution is 0.191. The van der Waals surface area contributed by atoms with Crippen molar-refractivity contribution in [2.24, 2.45) is 5.92 Å². The van der Waals surface area contributed by atoms with Crippen LogP contribution in [0.25, 0.3) is 0 Å². The van der Waals surface area contributed by atoms with E-state index < -0.39 is 0 Å². The lowest BCUT2D eigenvalue weighted by Gasteiger charge is -2.26. The van der Waals surface area contributed by atoms with Gasteiger partial charge in [0, 0.05) is 6.54 Å². The van der Waals surface area contributed by atoms with Gasteiger partial charge in [0.1, 0.15) is 5.84 Å². The number of urea groups is 1. The summed E-state index contributed by atoms with van der Waals surface area (Å²) in [6, 6.07) is -0.0290. The first-order valence-electron chi connectivity index (χ1n) is 5.90. The fourth-order valence-corrected chi connectivity index (χ4v) is 2.79. The fraction of sp³-hybridized carbons (Fsp3) is 0.818. The molecule has 2 aliphatic rings. The van der Waals surface area contributed by atoms with Crippen LogP contribution in [0.5, 0.6) is 0 Å². The van der Waals surface area contributed by atoms with E-state index in [2.05, 4.69) is 12.2 Å². The summed E-state index contributed by atoms with van der Waals surface area (Å²) in [6.07, 6.45) is 5.81.